The predicted octanol–water partition coefficient (Wildman–Crippen LogP) is 7.38. The Bertz CT molecular complexity index is 1200. The van der Waals surface area contributed by atoms with Crippen molar-refractivity contribution in [2.45, 2.75) is 0 Å². The quantitative estimate of drug-likeness (QED) is 0.241. The molecule has 3 nitrogen and oxygen atoms in total. The Morgan fingerprint density at radius 1 is 0.700 bits per heavy atom. The second-order valence-corrected chi connectivity index (χ2v) is 8.01. The smallest absolute Gasteiger partial charge is 0.0659 e. The molecule has 0 radical (unpaired) electrons. The van der Waals surface area contributed by atoms with Crippen molar-refractivity contribution in [1.29, 1.82) is 0 Å². The van der Waals surface area contributed by atoms with E-state index >= 15 is 0 Å². The average Bonchev–Trinajstić information content (AvgIpc) is 2.75. The second-order valence-electron chi connectivity index (χ2n) is 7.16. The number of benzene rings is 4. The van der Waals surface area contributed by atoms with Gasteiger partial charge in [-0.15, -0.1) is 0 Å². The number of hydrogen-bond donors (Lipinski definition) is 0. The zero-order valence-electron chi connectivity index (χ0n) is 16.8. The van der Waals surface area contributed by atoms with Crippen molar-refractivity contribution in [1.82, 2.24) is 0 Å². The summed E-state index contributed by atoms with van der Waals surface area (Å²) in [6, 6.07) is 28.1. The molecule has 4 rings (SSSR count). The van der Waals surface area contributed by atoms with Crippen LogP contribution in [0.25, 0.3) is 10.8 Å². The molecule has 30 heavy (non-hydrogen) atoms. The van der Waals surface area contributed by atoms with Crippen LogP contribution in [-0.4, -0.2) is 20.3 Å². The standard InChI is InChI=1S/C25H21Cl2N3/c1-29(2)23-11-8-20(25(27)16-23)17-28-30(22-13-9-21(26)10-14-22)24-12-7-18-5-3-4-6-19(18)15-24/h3-17H,1-2H3. The predicted molar refractivity (Wildman–Crippen MR) is 131 cm³/mol. The molecular formula is C25H21Cl2N3. The van der Waals surface area contributed by atoms with Gasteiger partial charge in [-0.1, -0.05) is 53.5 Å². The van der Waals surface area contributed by atoms with E-state index in [1.165, 1.54) is 5.39 Å². The van der Waals surface area contributed by atoms with Crippen LogP contribution in [0.2, 0.25) is 10.0 Å². The lowest BCUT2D eigenvalue weighted by atomic mass is 10.1. The van der Waals surface area contributed by atoms with Crippen LogP contribution in [0.3, 0.4) is 0 Å². The third-order valence-corrected chi connectivity index (χ3v) is 5.44. The number of rotatable bonds is 5. The monoisotopic (exact) mass is 433 g/mol. The minimum Gasteiger partial charge on any atom is -0.378 e. The molecular weight excluding hydrogens is 413 g/mol. The maximum Gasteiger partial charge on any atom is 0.0659 e. The Kier molecular flexibility index (Phi) is 5.93. The molecule has 0 N–H and O–H groups in total. The first-order valence-electron chi connectivity index (χ1n) is 9.56. The van der Waals surface area contributed by atoms with Crippen LogP contribution in [-0.2, 0) is 0 Å². The minimum absolute atomic E-state index is 0.652. The van der Waals surface area contributed by atoms with Crippen molar-refractivity contribution in [3.05, 3.63) is 101 Å². The van der Waals surface area contributed by atoms with E-state index in [1.54, 1.807) is 6.21 Å². The van der Waals surface area contributed by atoms with Crippen molar-refractivity contribution < 1.29 is 0 Å². The van der Waals surface area contributed by atoms with Gasteiger partial charge in [-0.05, 0) is 65.4 Å². The van der Waals surface area contributed by atoms with E-state index in [9.17, 15) is 0 Å². The molecule has 4 aromatic rings. The van der Waals surface area contributed by atoms with Gasteiger partial charge in [-0.25, -0.2) is 5.01 Å². The Hall–Kier alpha value is -3.01. The molecule has 0 aliphatic heterocycles. The summed E-state index contributed by atoms with van der Waals surface area (Å²) in [5.41, 5.74) is 3.75. The lowest BCUT2D eigenvalue weighted by Gasteiger charge is -2.20. The topological polar surface area (TPSA) is 18.8 Å². The van der Waals surface area contributed by atoms with Gasteiger partial charge in [-0.2, -0.15) is 5.10 Å². The maximum atomic E-state index is 6.49. The average molecular weight is 434 g/mol. The third-order valence-electron chi connectivity index (χ3n) is 4.86. The highest BCUT2D eigenvalue weighted by atomic mass is 35.5. The van der Waals surface area contributed by atoms with E-state index in [2.05, 4.69) is 30.3 Å². The van der Waals surface area contributed by atoms with Crippen molar-refractivity contribution in [3.63, 3.8) is 0 Å². The van der Waals surface area contributed by atoms with Crippen molar-refractivity contribution in [2.24, 2.45) is 5.10 Å². The molecule has 0 unspecified atom stereocenters. The first-order chi connectivity index (χ1) is 14.5. The summed E-state index contributed by atoms with van der Waals surface area (Å²) >= 11 is 12.6. The van der Waals surface area contributed by atoms with Crippen LogP contribution in [0.5, 0.6) is 0 Å². The van der Waals surface area contributed by atoms with Crippen LogP contribution in [0.1, 0.15) is 5.56 Å². The molecule has 0 fully saturated rings. The third kappa shape index (κ3) is 4.43. The number of hydrazone groups is 1. The molecule has 150 valence electrons. The van der Waals surface area contributed by atoms with E-state index in [0.29, 0.717) is 10.0 Å². The lowest BCUT2D eigenvalue weighted by Crippen LogP contribution is -2.10. The molecule has 0 atom stereocenters. The van der Waals surface area contributed by atoms with Crippen LogP contribution in [0.4, 0.5) is 17.1 Å². The summed E-state index contributed by atoms with van der Waals surface area (Å²) in [5.74, 6) is 0. The molecule has 0 saturated heterocycles. The van der Waals surface area contributed by atoms with Gasteiger partial charge in [0.25, 0.3) is 0 Å². The first kappa shape index (κ1) is 20.3. The summed E-state index contributed by atoms with van der Waals surface area (Å²) in [6.07, 6.45) is 1.78. The number of anilines is 3. The van der Waals surface area contributed by atoms with Crippen molar-refractivity contribution in [3.8, 4) is 0 Å². The number of fused-ring (bicyclic) bond motifs is 1. The van der Waals surface area contributed by atoms with Crippen molar-refractivity contribution in [2.75, 3.05) is 24.0 Å². The zero-order valence-corrected chi connectivity index (χ0v) is 18.3. The molecule has 5 heteroatoms. The van der Waals surface area contributed by atoms with Gasteiger partial charge < -0.3 is 4.90 Å². The molecule has 0 spiro atoms. The highest BCUT2D eigenvalue weighted by Crippen LogP contribution is 2.30. The summed E-state index contributed by atoms with van der Waals surface area (Å²) in [6.45, 7) is 0. The fraction of sp³-hybridized carbons (Fsp3) is 0.0800. The zero-order chi connectivity index (χ0) is 21.1. The number of nitrogens with zero attached hydrogens (tertiary/aromatic N) is 3. The van der Waals surface area contributed by atoms with Crippen molar-refractivity contribution >= 4 is 57.3 Å². The fourth-order valence-electron chi connectivity index (χ4n) is 3.19. The van der Waals surface area contributed by atoms with Gasteiger partial charge in [0, 0.05) is 30.4 Å². The Labute approximate surface area is 186 Å². The van der Waals surface area contributed by atoms with Gasteiger partial charge in [0.15, 0.2) is 0 Å². The lowest BCUT2D eigenvalue weighted by molar-refractivity contribution is 1.09. The van der Waals surface area contributed by atoms with E-state index in [0.717, 1.165) is 28.0 Å². The van der Waals surface area contributed by atoms with Gasteiger partial charge in [-0.3, -0.25) is 0 Å². The molecule has 0 aromatic heterocycles. The Morgan fingerprint density at radius 3 is 2.07 bits per heavy atom. The van der Waals surface area contributed by atoms with Gasteiger partial charge in [0.2, 0.25) is 0 Å². The highest BCUT2D eigenvalue weighted by Gasteiger charge is 2.10. The normalized spacial score (nSPS) is 11.2. The summed E-state index contributed by atoms with van der Waals surface area (Å²) in [7, 11) is 3.98. The number of halogens is 2. The highest BCUT2D eigenvalue weighted by molar-refractivity contribution is 6.33. The minimum atomic E-state index is 0.652. The summed E-state index contributed by atoms with van der Waals surface area (Å²) in [4.78, 5) is 2.02. The molecule has 0 aliphatic rings. The van der Waals surface area contributed by atoms with Gasteiger partial charge >= 0.3 is 0 Å². The van der Waals surface area contributed by atoms with E-state index in [4.69, 9.17) is 28.3 Å². The van der Waals surface area contributed by atoms with Crippen LogP contribution in [0.15, 0.2) is 90.0 Å². The second kappa shape index (κ2) is 8.78. The van der Waals surface area contributed by atoms with Crippen LogP contribution < -0.4 is 9.91 Å². The molecule has 0 bridgehead atoms. The van der Waals surface area contributed by atoms with E-state index < -0.39 is 0 Å². The fourth-order valence-corrected chi connectivity index (χ4v) is 3.54. The van der Waals surface area contributed by atoms with Gasteiger partial charge in [0.05, 0.1) is 22.6 Å². The summed E-state index contributed by atoms with van der Waals surface area (Å²) in [5, 5.41) is 10.3. The van der Waals surface area contributed by atoms with Crippen LogP contribution in [0, 0.1) is 0 Å². The largest absolute Gasteiger partial charge is 0.378 e. The maximum absolute atomic E-state index is 6.49. The summed E-state index contributed by atoms with van der Waals surface area (Å²) < 4.78 is 0. The molecule has 0 saturated carbocycles. The molecule has 4 aromatic carbocycles. The van der Waals surface area contributed by atoms with E-state index in [1.807, 2.05) is 78.6 Å². The molecule has 0 amide bonds. The van der Waals surface area contributed by atoms with Gasteiger partial charge in [0.1, 0.15) is 0 Å². The first-order valence-corrected chi connectivity index (χ1v) is 10.3. The Morgan fingerprint density at radius 2 is 1.37 bits per heavy atom. The SMILES string of the molecule is CN(C)c1ccc(C=NN(c2ccc(Cl)cc2)c2ccc3ccccc3c2)c(Cl)c1. The van der Waals surface area contributed by atoms with E-state index in [-0.39, 0.29) is 0 Å². The van der Waals surface area contributed by atoms with Crippen LogP contribution >= 0.6 is 23.2 Å². The molecule has 0 heterocycles. The Balaban J connectivity index is 1.75. The molecule has 0 aliphatic carbocycles. The number of hydrogen-bond acceptors (Lipinski definition) is 3.